The van der Waals surface area contributed by atoms with Gasteiger partial charge in [-0.2, -0.15) is 0 Å². The molecule has 2 heterocycles. The van der Waals surface area contributed by atoms with Crippen molar-refractivity contribution in [2.75, 3.05) is 26.2 Å². The van der Waals surface area contributed by atoms with Crippen molar-refractivity contribution in [1.29, 1.82) is 0 Å². The summed E-state index contributed by atoms with van der Waals surface area (Å²) >= 11 is 0. The van der Waals surface area contributed by atoms with E-state index >= 15 is 0 Å². The maximum absolute atomic E-state index is 12.1. The van der Waals surface area contributed by atoms with E-state index in [1.807, 2.05) is 12.1 Å². The van der Waals surface area contributed by atoms with E-state index in [1.54, 1.807) is 6.26 Å². The highest BCUT2D eigenvalue weighted by molar-refractivity contribution is 5.77. The van der Waals surface area contributed by atoms with Crippen LogP contribution in [0.2, 0.25) is 0 Å². The standard InChI is InChI=1S/C16H27N3O2/c1-13(2)10-19(11-14-5-3-7-17-14)12-16(20)18-9-15-6-4-8-21-15/h4,6,8,13-14,17H,3,5,7,9-12H2,1-2H3,(H,18,20). The molecule has 1 atom stereocenters. The Labute approximate surface area is 127 Å². The predicted molar refractivity (Wildman–Crippen MR) is 82.9 cm³/mol. The number of nitrogens with zero attached hydrogens (tertiary/aromatic N) is 1. The van der Waals surface area contributed by atoms with Gasteiger partial charge in [-0.25, -0.2) is 0 Å². The van der Waals surface area contributed by atoms with Gasteiger partial charge < -0.3 is 15.1 Å². The molecule has 1 aromatic heterocycles. The second-order valence-corrected chi connectivity index (χ2v) is 6.24. The molecule has 0 spiro atoms. The molecule has 1 aliphatic rings. The van der Waals surface area contributed by atoms with Crippen molar-refractivity contribution in [3.05, 3.63) is 24.2 Å². The largest absolute Gasteiger partial charge is 0.467 e. The van der Waals surface area contributed by atoms with Gasteiger partial charge in [-0.3, -0.25) is 9.69 Å². The summed E-state index contributed by atoms with van der Waals surface area (Å²) in [5.41, 5.74) is 0. The summed E-state index contributed by atoms with van der Waals surface area (Å²) in [5.74, 6) is 1.41. The van der Waals surface area contributed by atoms with Gasteiger partial charge in [-0.05, 0) is 37.4 Å². The Hall–Kier alpha value is -1.33. The minimum Gasteiger partial charge on any atom is -0.467 e. The van der Waals surface area contributed by atoms with Crippen molar-refractivity contribution in [2.45, 2.75) is 39.3 Å². The molecule has 1 fully saturated rings. The van der Waals surface area contributed by atoms with Gasteiger partial charge in [0.1, 0.15) is 5.76 Å². The van der Waals surface area contributed by atoms with E-state index < -0.39 is 0 Å². The highest BCUT2D eigenvalue weighted by Crippen LogP contribution is 2.08. The zero-order chi connectivity index (χ0) is 15.1. The quantitative estimate of drug-likeness (QED) is 0.764. The molecule has 0 aliphatic carbocycles. The molecule has 1 aromatic rings. The van der Waals surface area contributed by atoms with Crippen LogP contribution in [0, 0.1) is 5.92 Å². The molecule has 1 unspecified atom stereocenters. The molecule has 5 nitrogen and oxygen atoms in total. The van der Waals surface area contributed by atoms with Crippen molar-refractivity contribution >= 4 is 5.91 Å². The van der Waals surface area contributed by atoms with Gasteiger partial charge in [-0.1, -0.05) is 13.8 Å². The van der Waals surface area contributed by atoms with E-state index in [2.05, 4.69) is 29.4 Å². The maximum atomic E-state index is 12.1. The number of furan rings is 1. The predicted octanol–water partition coefficient (Wildman–Crippen LogP) is 1.61. The van der Waals surface area contributed by atoms with Gasteiger partial charge in [0.05, 0.1) is 19.4 Å². The van der Waals surface area contributed by atoms with E-state index in [1.165, 1.54) is 12.8 Å². The molecule has 1 aliphatic heterocycles. The van der Waals surface area contributed by atoms with Crippen LogP contribution in [-0.2, 0) is 11.3 Å². The summed E-state index contributed by atoms with van der Waals surface area (Å²) in [7, 11) is 0. The third-order valence-corrected chi connectivity index (χ3v) is 3.67. The lowest BCUT2D eigenvalue weighted by atomic mass is 10.1. The van der Waals surface area contributed by atoms with Crippen LogP contribution in [0.5, 0.6) is 0 Å². The molecule has 0 bridgehead atoms. The molecule has 1 saturated heterocycles. The van der Waals surface area contributed by atoms with Gasteiger partial charge in [-0.15, -0.1) is 0 Å². The number of hydrogen-bond acceptors (Lipinski definition) is 4. The molecule has 0 aromatic carbocycles. The summed E-state index contributed by atoms with van der Waals surface area (Å²) in [6.07, 6.45) is 4.08. The monoisotopic (exact) mass is 293 g/mol. The van der Waals surface area contributed by atoms with Crippen LogP contribution in [0.15, 0.2) is 22.8 Å². The summed E-state index contributed by atoms with van der Waals surface area (Å²) < 4.78 is 5.22. The van der Waals surface area contributed by atoms with Crippen LogP contribution in [-0.4, -0.2) is 43.0 Å². The van der Waals surface area contributed by atoms with E-state index in [0.29, 0.717) is 25.0 Å². The molecule has 5 heteroatoms. The average molecular weight is 293 g/mol. The second-order valence-electron chi connectivity index (χ2n) is 6.24. The Bertz CT molecular complexity index is 411. The Kier molecular flexibility index (Phi) is 6.26. The number of carbonyl (C=O) groups is 1. The lowest BCUT2D eigenvalue weighted by Crippen LogP contribution is -2.44. The minimum atomic E-state index is 0.0602. The highest BCUT2D eigenvalue weighted by Gasteiger charge is 2.20. The van der Waals surface area contributed by atoms with E-state index in [9.17, 15) is 4.79 Å². The van der Waals surface area contributed by atoms with E-state index in [0.717, 1.165) is 25.4 Å². The fourth-order valence-electron chi connectivity index (χ4n) is 2.80. The first kappa shape index (κ1) is 16.0. The first-order valence-corrected chi connectivity index (χ1v) is 7.88. The van der Waals surface area contributed by atoms with Crippen LogP contribution in [0.4, 0.5) is 0 Å². The second kappa shape index (κ2) is 8.20. The number of hydrogen-bond donors (Lipinski definition) is 2. The van der Waals surface area contributed by atoms with Crippen molar-refractivity contribution in [1.82, 2.24) is 15.5 Å². The van der Waals surface area contributed by atoms with Gasteiger partial charge >= 0.3 is 0 Å². The fourth-order valence-corrected chi connectivity index (χ4v) is 2.80. The number of nitrogens with one attached hydrogen (secondary N) is 2. The molecule has 2 rings (SSSR count). The number of rotatable bonds is 8. The Morgan fingerprint density at radius 3 is 3.05 bits per heavy atom. The SMILES string of the molecule is CC(C)CN(CC(=O)NCc1ccco1)CC1CCCN1. The molecule has 0 radical (unpaired) electrons. The summed E-state index contributed by atoms with van der Waals surface area (Å²) in [5, 5.41) is 6.42. The van der Waals surface area contributed by atoms with Gasteiger partial charge in [0.15, 0.2) is 0 Å². The molecule has 118 valence electrons. The van der Waals surface area contributed by atoms with E-state index in [-0.39, 0.29) is 5.91 Å². The van der Waals surface area contributed by atoms with Crippen LogP contribution in [0.1, 0.15) is 32.4 Å². The van der Waals surface area contributed by atoms with Crippen molar-refractivity contribution in [2.24, 2.45) is 5.92 Å². The Morgan fingerprint density at radius 2 is 2.43 bits per heavy atom. The minimum absolute atomic E-state index is 0.0602. The van der Waals surface area contributed by atoms with Crippen LogP contribution in [0.3, 0.4) is 0 Å². The topological polar surface area (TPSA) is 57.5 Å². The van der Waals surface area contributed by atoms with Crippen molar-refractivity contribution < 1.29 is 9.21 Å². The van der Waals surface area contributed by atoms with Crippen LogP contribution < -0.4 is 10.6 Å². The first-order valence-electron chi connectivity index (χ1n) is 7.88. The van der Waals surface area contributed by atoms with Gasteiger partial charge in [0, 0.05) is 19.1 Å². The normalized spacial score (nSPS) is 18.6. The molecule has 21 heavy (non-hydrogen) atoms. The molecule has 2 N–H and O–H groups in total. The summed E-state index contributed by atoms with van der Waals surface area (Å²) in [6, 6.07) is 4.23. The fraction of sp³-hybridized carbons (Fsp3) is 0.688. The number of carbonyl (C=O) groups excluding carboxylic acids is 1. The maximum Gasteiger partial charge on any atom is 0.234 e. The van der Waals surface area contributed by atoms with Gasteiger partial charge in [0.25, 0.3) is 0 Å². The Morgan fingerprint density at radius 1 is 1.57 bits per heavy atom. The summed E-state index contributed by atoms with van der Waals surface area (Å²) in [4.78, 5) is 14.3. The zero-order valence-electron chi connectivity index (χ0n) is 13.1. The molecular weight excluding hydrogens is 266 g/mol. The summed E-state index contributed by atoms with van der Waals surface area (Å²) in [6.45, 7) is 8.30. The highest BCUT2D eigenvalue weighted by atomic mass is 16.3. The molecular formula is C16H27N3O2. The smallest absolute Gasteiger partial charge is 0.234 e. The third kappa shape index (κ3) is 5.89. The lowest BCUT2D eigenvalue weighted by molar-refractivity contribution is -0.122. The van der Waals surface area contributed by atoms with Crippen molar-refractivity contribution in [3.8, 4) is 0 Å². The van der Waals surface area contributed by atoms with Crippen molar-refractivity contribution in [3.63, 3.8) is 0 Å². The first-order chi connectivity index (χ1) is 10.1. The third-order valence-electron chi connectivity index (χ3n) is 3.67. The lowest BCUT2D eigenvalue weighted by Gasteiger charge is -2.26. The van der Waals surface area contributed by atoms with Gasteiger partial charge in [0.2, 0.25) is 5.91 Å². The zero-order valence-corrected chi connectivity index (χ0v) is 13.1. The molecule has 0 saturated carbocycles. The average Bonchev–Trinajstić information content (AvgIpc) is 3.08. The number of amides is 1. The van der Waals surface area contributed by atoms with Crippen LogP contribution in [0.25, 0.3) is 0 Å². The van der Waals surface area contributed by atoms with Crippen LogP contribution >= 0.6 is 0 Å². The molecule has 1 amide bonds. The van der Waals surface area contributed by atoms with E-state index in [4.69, 9.17) is 4.42 Å². The Balaban J connectivity index is 1.77.